The first-order valence-corrected chi connectivity index (χ1v) is 5.44. The molecule has 0 amide bonds. The second-order valence-corrected chi connectivity index (χ2v) is 3.57. The molecule has 92 valence electrons. The Morgan fingerprint density at radius 2 is 1.72 bits per heavy atom. The van der Waals surface area contributed by atoms with Gasteiger partial charge < -0.3 is 0 Å². The summed E-state index contributed by atoms with van der Waals surface area (Å²) in [5, 5.41) is 0. The van der Waals surface area contributed by atoms with Crippen LogP contribution in [-0.4, -0.2) is 21.5 Å². The van der Waals surface area contributed by atoms with Gasteiger partial charge >= 0.3 is 0 Å². The molecule has 0 fully saturated rings. The summed E-state index contributed by atoms with van der Waals surface area (Å²) in [6, 6.07) is 8.77. The first-order valence-electron chi connectivity index (χ1n) is 5.44. The van der Waals surface area contributed by atoms with Gasteiger partial charge in [-0.15, -0.1) is 0 Å². The van der Waals surface area contributed by atoms with Gasteiger partial charge in [0.1, 0.15) is 5.69 Å². The van der Waals surface area contributed by atoms with Crippen LogP contribution in [0.5, 0.6) is 0 Å². The van der Waals surface area contributed by atoms with Crippen molar-refractivity contribution in [2.45, 2.75) is 13.8 Å². The molecule has 0 aliphatic rings. The molecule has 0 aliphatic heterocycles. The van der Waals surface area contributed by atoms with E-state index in [1.165, 1.54) is 13.8 Å². The minimum atomic E-state index is 0.00981. The average molecular weight is 242 g/mol. The van der Waals surface area contributed by atoms with E-state index in [1.54, 1.807) is 48.9 Å². The van der Waals surface area contributed by atoms with Gasteiger partial charge in [0.05, 0.1) is 0 Å². The zero-order valence-corrected chi connectivity index (χ0v) is 10.3. The van der Waals surface area contributed by atoms with Crippen molar-refractivity contribution in [2.24, 2.45) is 0 Å². The van der Waals surface area contributed by atoms with Gasteiger partial charge in [0, 0.05) is 31.1 Å². The third-order valence-corrected chi connectivity index (χ3v) is 2.09. The van der Waals surface area contributed by atoms with E-state index < -0.39 is 0 Å². The summed E-state index contributed by atoms with van der Waals surface area (Å²) in [6.07, 6.45) is 4.81. The third-order valence-electron chi connectivity index (χ3n) is 2.09. The van der Waals surface area contributed by atoms with Gasteiger partial charge in [-0.25, -0.2) is 0 Å². The summed E-state index contributed by atoms with van der Waals surface area (Å²) in [6.45, 7) is 3.03. The molecule has 0 N–H and O–H groups in total. The standard InChI is InChI=1S/2C7H7NO/c1-6(9)7-3-2-4-8-5-7;1-6(9)7-4-2-3-5-8-7/h2*2-5H,1H3. The monoisotopic (exact) mass is 242 g/mol. The van der Waals surface area contributed by atoms with Crippen LogP contribution in [0, 0.1) is 0 Å². The lowest BCUT2D eigenvalue weighted by atomic mass is 10.2. The molecular weight excluding hydrogens is 228 g/mol. The zero-order chi connectivity index (χ0) is 13.4. The second-order valence-electron chi connectivity index (χ2n) is 3.57. The Balaban J connectivity index is 0.000000180. The molecule has 2 rings (SSSR count). The predicted molar refractivity (Wildman–Crippen MR) is 68.5 cm³/mol. The molecule has 4 heteroatoms. The van der Waals surface area contributed by atoms with Gasteiger partial charge in [0.15, 0.2) is 11.6 Å². The zero-order valence-electron chi connectivity index (χ0n) is 10.3. The number of pyridine rings is 2. The topological polar surface area (TPSA) is 59.9 Å². The van der Waals surface area contributed by atoms with E-state index in [1.807, 2.05) is 0 Å². The lowest BCUT2D eigenvalue weighted by Gasteiger charge is -1.88. The number of carbonyl (C=O) groups excluding carboxylic acids is 2. The third kappa shape index (κ3) is 4.65. The van der Waals surface area contributed by atoms with Crippen LogP contribution < -0.4 is 0 Å². The van der Waals surface area contributed by atoms with Crippen molar-refractivity contribution in [1.82, 2.24) is 9.97 Å². The van der Waals surface area contributed by atoms with E-state index in [4.69, 9.17) is 0 Å². The number of nitrogens with zero attached hydrogens (tertiary/aromatic N) is 2. The van der Waals surface area contributed by atoms with Gasteiger partial charge in [-0.3, -0.25) is 19.6 Å². The van der Waals surface area contributed by atoms with Crippen LogP contribution in [0.1, 0.15) is 34.7 Å². The van der Waals surface area contributed by atoms with Crippen molar-refractivity contribution >= 4 is 11.6 Å². The van der Waals surface area contributed by atoms with Gasteiger partial charge in [0.2, 0.25) is 0 Å². The summed E-state index contributed by atoms with van der Waals surface area (Å²) in [5.41, 5.74) is 1.19. The Kier molecular flexibility index (Phi) is 5.38. The maximum Gasteiger partial charge on any atom is 0.178 e. The van der Waals surface area contributed by atoms with Crippen molar-refractivity contribution < 1.29 is 9.59 Å². The highest BCUT2D eigenvalue weighted by Crippen LogP contribution is 1.94. The Labute approximate surface area is 106 Å². The van der Waals surface area contributed by atoms with Crippen LogP contribution in [0.25, 0.3) is 0 Å². The number of Topliss-reactive ketones (excluding diaryl/α,β-unsaturated/α-hetero) is 2. The first kappa shape index (κ1) is 13.7. The van der Waals surface area contributed by atoms with Gasteiger partial charge in [-0.1, -0.05) is 6.07 Å². The molecule has 4 nitrogen and oxygen atoms in total. The van der Waals surface area contributed by atoms with Gasteiger partial charge in [-0.05, 0) is 31.2 Å². The highest BCUT2D eigenvalue weighted by atomic mass is 16.1. The molecule has 0 aliphatic carbocycles. The minimum absolute atomic E-state index is 0.00981. The van der Waals surface area contributed by atoms with Crippen molar-refractivity contribution in [3.63, 3.8) is 0 Å². The van der Waals surface area contributed by atoms with Crippen LogP contribution >= 0.6 is 0 Å². The summed E-state index contributed by atoms with van der Waals surface area (Å²) in [4.78, 5) is 28.8. The fourth-order valence-electron chi connectivity index (χ4n) is 1.14. The first-order chi connectivity index (χ1) is 8.61. The number of rotatable bonds is 2. The van der Waals surface area contributed by atoms with Crippen LogP contribution in [-0.2, 0) is 0 Å². The summed E-state index contributed by atoms with van der Waals surface area (Å²) < 4.78 is 0. The van der Waals surface area contributed by atoms with E-state index in [0.717, 1.165) is 0 Å². The predicted octanol–water partition coefficient (Wildman–Crippen LogP) is 2.57. The number of aromatic nitrogens is 2. The minimum Gasteiger partial charge on any atom is -0.294 e. The maximum absolute atomic E-state index is 10.6. The molecule has 18 heavy (non-hydrogen) atoms. The lowest BCUT2D eigenvalue weighted by Crippen LogP contribution is -1.93. The Morgan fingerprint density at radius 1 is 0.944 bits per heavy atom. The molecule has 0 radical (unpaired) electrons. The number of carbonyl (C=O) groups is 2. The quantitative estimate of drug-likeness (QED) is 0.759. The number of hydrogen-bond donors (Lipinski definition) is 0. The molecule has 2 aromatic rings. The maximum atomic E-state index is 10.6. The molecule has 0 spiro atoms. The van der Waals surface area contributed by atoms with Crippen molar-refractivity contribution in [1.29, 1.82) is 0 Å². The molecule has 0 saturated heterocycles. The van der Waals surface area contributed by atoms with E-state index in [0.29, 0.717) is 11.3 Å². The van der Waals surface area contributed by atoms with Crippen LogP contribution in [0.15, 0.2) is 48.9 Å². The molecule has 0 atom stereocenters. The molecule has 2 heterocycles. The smallest absolute Gasteiger partial charge is 0.178 e. The fourth-order valence-corrected chi connectivity index (χ4v) is 1.14. The normalized spacial score (nSPS) is 9.00. The SMILES string of the molecule is CC(=O)c1ccccn1.CC(=O)c1cccnc1. The molecule has 2 aromatic heterocycles. The van der Waals surface area contributed by atoms with E-state index >= 15 is 0 Å². The highest BCUT2D eigenvalue weighted by Gasteiger charge is 1.95. The number of hydrogen-bond acceptors (Lipinski definition) is 4. The number of ketones is 2. The molecular formula is C14H14N2O2. The van der Waals surface area contributed by atoms with Gasteiger partial charge in [0.25, 0.3) is 0 Å². The van der Waals surface area contributed by atoms with E-state index in [9.17, 15) is 9.59 Å². The Hall–Kier alpha value is -2.36. The lowest BCUT2D eigenvalue weighted by molar-refractivity contribution is 0.100. The summed E-state index contributed by atoms with van der Waals surface area (Å²) in [5.74, 6) is 0.0682. The largest absolute Gasteiger partial charge is 0.294 e. The Morgan fingerprint density at radius 3 is 2.06 bits per heavy atom. The van der Waals surface area contributed by atoms with Crippen molar-refractivity contribution in [3.05, 3.63) is 60.2 Å². The second kappa shape index (κ2) is 7.06. The van der Waals surface area contributed by atoms with E-state index in [-0.39, 0.29) is 11.6 Å². The van der Waals surface area contributed by atoms with Gasteiger partial charge in [-0.2, -0.15) is 0 Å². The fraction of sp³-hybridized carbons (Fsp3) is 0.143. The van der Waals surface area contributed by atoms with Crippen LogP contribution in [0.4, 0.5) is 0 Å². The van der Waals surface area contributed by atoms with Crippen molar-refractivity contribution in [3.8, 4) is 0 Å². The molecule has 0 bridgehead atoms. The van der Waals surface area contributed by atoms with Crippen molar-refractivity contribution in [2.75, 3.05) is 0 Å². The average Bonchev–Trinajstić information content (AvgIpc) is 2.41. The summed E-state index contributed by atoms with van der Waals surface area (Å²) >= 11 is 0. The Bertz CT molecular complexity index is 460. The molecule has 0 aromatic carbocycles. The van der Waals surface area contributed by atoms with Crippen LogP contribution in [0.2, 0.25) is 0 Å². The highest BCUT2D eigenvalue weighted by molar-refractivity contribution is 5.93. The van der Waals surface area contributed by atoms with Crippen LogP contribution in [0.3, 0.4) is 0 Å². The van der Waals surface area contributed by atoms with E-state index in [2.05, 4.69) is 9.97 Å². The molecule has 0 unspecified atom stereocenters. The molecule has 0 saturated carbocycles. The summed E-state index contributed by atoms with van der Waals surface area (Å²) in [7, 11) is 0.